The van der Waals surface area contributed by atoms with Crippen LogP contribution >= 0.6 is 0 Å². The van der Waals surface area contributed by atoms with Gasteiger partial charge in [-0.25, -0.2) is 0 Å². The molecule has 0 saturated heterocycles. The topological polar surface area (TPSA) is 60.8 Å². The first-order valence-electron chi connectivity index (χ1n) is 4.83. The second kappa shape index (κ2) is 7.53. The summed E-state index contributed by atoms with van der Waals surface area (Å²) in [6, 6.07) is 0.0346. The molecule has 0 amide bonds. The molecule has 0 aliphatic carbocycles. The van der Waals surface area contributed by atoms with Crippen molar-refractivity contribution in [2.24, 2.45) is 0 Å². The third-order valence-electron chi connectivity index (χ3n) is 2.17. The lowest BCUT2D eigenvalue weighted by atomic mass is 10.2. The van der Waals surface area contributed by atoms with Crippen LogP contribution in [-0.2, 0) is 4.79 Å². The third kappa shape index (κ3) is 4.99. The first-order chi connectivity index (χ1) is 6.65. The van der Waals surface area contributed by atoms with Crippen molar-refractivity contribution in [2.45, 2.75) is 25.8 Å². The lowest BCUT2D eigenvalue weighted by Gasteiger charge is -2.27. The predicted octanol–water partition coefficient (Wildman–Crippen LogP) is 0.720. The van der Waals surface area contributed by atoms with Gasteiger partial charge in [0.15, 0.2) is 0 Å². The Kier molecular flexibility index (Phi) is 7.06. The smallest absolute Gasteiger partial charge is 0.304 e. The lowest BCUT2D eigenvalue weighted by molar-refractivity contribution is -0.137. The normalized spacial score (nSPS) is 12.8. The number of hydrogen-bond donors (Lipinski definition) is 2. The summed E-state index contributed by atoms with van der Waals surface area (Å²) in [6.45, 7) is 6.71. The minimum Gasteiger partial charge on any atom is -0.481 e. The molecule has 0 saturated carbocycles. The molecule has 0 bridgehead atoms. The maximum Gasteiger partial charge on any atom is 0.304 e. The minimum atomic E-state index is -0.813. The van der Waals surface area contributed by atoms with Gasteiger partial charge in [-0.1, -0.05) is 13.0 Å². The Morgan fingerprint density at radius 2 is 2.29 bits per heavy atom. The van der Waals surface area contributed by atoms with Gasteiger partial charge in [-0.15, -0.1) is 6.58 Å². The fraction of sp³-hybridized carbons (Fsp3) is 0.700. The molecule has 0 rings (SSSR count). The molecule has 0 aliphatic heterocycles. The summed E-state index contributed by atoms with van der Waals surface area (Å²) in [5.41, 5.74) is 0. The first-order valence-corrected chi connectivity index (χ1v) is 4.83. The van der Waals surface area contributed by atoms with E-state index in [-0.39, 0.29) is 19.1 Å². The monoisotopic (exact) mass is 201 g/mol. The minimum absolute atomic E-state index is 0.0346. The number of aliphatic hydroxyl groups excluding tert-OH is 1. The van der Waals surface area contributed by atoms with Crippen LogP contribution in [0, 0.1) is 0 Å². The summed E-state index contributed by atoms with van der Waals surface area (Å²) in [5.74, 6) is -0.813. The number of carboxylic acids is 1. The third-order valence-corrected chi connectivity index (χ3v) is 2.17. The summed E-state index contributed by atoms with van der Waals surface area (Å²) in [5, 5.41) is 17.6. The van der Waals surface area contributed by atoms with Crippen molar-refractivity contribution in [1.29, 1.82) is 0 Å². The Morgan fingerprint density at radius 3 is 2.64 bits per heavy atom. The van der Waals surface area contributed by atoms with E-state index in [9.17, 15) is 4.79 Å². The second-order valence-corrected chi connectivity index (χ2v) is 3.17. The highest BCUT2D eigenvalue weighted by molar-refractivity contribution is 5.66. The van der Waals surface area contributed by atoms with Gasteiger partial charge in [0.05, 0.1) is 13.0 Å². The van der Waals surface area contributed by atoms with Gasteiger partial charge in [0.2, 0.25) is 0 Å². The average molecular weight is 201 g/mol. The van der Waals surface area contributed by atoms with E-state index in [1.807, 2.05) is 11.8 Å². The van der Waals surface area contributed by atoms with Gasteiger partial charge >= 0.3 is 5.97 Å². The zero-order valence-electron chi connectivity index (χ0n) is 8.65. The van der Waals surface area contributed by atoms with E-state index in [0.29, 0.717) is 13.1 Å². The number of nitrogens with zero attached hydrogens (tertiary/aromatic N) is 1. The van der Waals surface area contributed by atoms with Crippen molar-refractivity contribution in [2.75, 3.05) is 19.7 Å². The van der Waals surface area contributed by atoms with Gasteiger partial charge in [0, 0.05) is 19.1 Å². The number of aliphatic carboxylic acids is 1. The Labute approximate surface area is 84.8 Å². The molecular formula is C10H19NO3. The molecule has 0 heterocycles. The van der Waals surface area contributed by atoms with E-state index in [4.69, 9.17) is 10.2 Å². The molecular weight excluding hydrogens is 182 g/mol. The van der Waals surface area contributed by atoms with Crippen molar-refractivity contribution in [3.05, 3.63) is 12.7 Å². The summed E-state index contributed by atoms with van der Waals surface area (Å²) in [4.78, 5) is 12.3. The first kappa shape index (κ1) is 13.1. The van der Waals surface area contributed by atoms with Gasteiger partial charge in [-0.05, 0) is 6.42 Å². The summed E-state index contributed by atoms with van der Waals surface area (Å²) in [6.07, 6.45) is 2.63. The summed E-state index contributed by atoms with van der Waals surface area (Å²) < 4.78 is 0. The number of aliphatic hydroxyl groups is 1. The SMILES string of the molecule is C=CCN(CCC(=O)O)C(CC)CO. The van der Waals surface area contributed by atoms with Crippen LogP contribution in [0.3, 0.4) is 0 Å². The van der Waals surface area contributed by atoms with Gasteiger partial charge in [-0.2, -0.15) is 0 Å². The van der Waals surface area contributed by atoms with Crippen molar-refractivity contribution in [3.63, 3.8) is 0 Å². The molecule has 1 atom stereocenters. The Balaban J connectivity index is 4.10. The van der Waals surface area contributed by atoms with Crippen LogP contribution in [0.2, 0.25) is 0 Å². The van der Waals surface area contributed by atoms with Crippen molar-refractivity contribution >= 4 is 5.97 Å². The zero-order chi connectivity index (χ0) is 11.0. The van der Waals surface area contributed by atoms with Crippen LogP contribution in [0.1, 0.15) is 19.8 Å². The molecule has 0 fully saturated rings. The number of hydrogen-bond acceptors (Lipinski definition) is 3. The molecule has 0 aromatic heterocycles. The number of carbonyl (C=O) groups is 1. The van der Waals surface area contributed by atoms with E-state index < -0.39 is 5.97 Å². The van der Waals surface area contributed by atoms with Crippen molar-refractivity contribution in [1.82, 2.24) is 4.90 Å². The lowest BCUT2D eigenvalue weighted by Crippen LogP contribution is -2.39. The molecule has 0 radical (unpaired) electrons. The van der Waals surface area contributed by atoms with Crippen LogP contribution in [0.25, 0.3) is 0 Å². The number of rotatable bonds is 8. The maximum atomic E-state index is 10.4. The van der Waals surface area contributed by atoms with E-state index in [1.165, 1.54) is 0 Å². The van der Waals surface area contributed by atoms with Gasteiger partial charge in [0.1, 0.15) is 0 Å². The molecule has 4 heteroatoms. The average Bonchev–Trinajstić information content (AvgIpc) is 2.15. The molecule has 0 spiro atoms. The molecule has 82 valence electrons. The van der Waals surface area contributed by atoms with Crippen LogP contribution in [0.5, 0.6) is 0 Å². The largest absolute Gasteiger partial charge is 0.481 e. The van der Waals surface area contributed by atoms with Crippen LogP contribution in [0.15, 0.2) is 12.7 Å². The zero-order valence-corrected chi connectivity index (χ0v) is 8.65. The van der Waals surface area contributed by atoms with E-state index in [2.05, 4.69) is 6.58 Å². The molecule has 0 aromatic carbocycles. The van der Waals surface area contributed by atoms with Crippen LogP contribution in [-0.4, -0.2) is 46.8 Å². The molecule has 14 heavy (non-hydrogen) atoms. The van der Waals surface area contributed by atoms with Crippen LogP contribution < -0.4 is 0 Å². The second-order valence-electron chi connectivity index (χ2n) is 3.17. The van der Waals surface area contributed by atoms with Crippen molar-refractivity contribution in [3.8, 4) is 0 Å². The van der Waals surface area contributed by atoms with Gasteiger partial charge < -0.3 is 10.2 Å². The Hall–Kier alpha value is -0.870. The highest BCUT2D eigenvalue weighted by Crippen LogP contribution is 2.04. The molecule has 0 aromatic rings. The predicted molar refractivity (Wildman–Crippen MR) is 55.2 cm³/mol. The quantitative estimate of drug-likeness (QED) is 0.568. The maximum absolute atomic E-state index is 10.4. The molecule has 4 nitrogen and oxygen atoms in total. The van der Waals surface area contributed by atoms with Crippen LogP contribution in [0.4, 0.5) is 0 Å². The van der Waals surface area contributed by atoms with E-state index >= 15 is 0 Å². The standard InChI is InChI=1S/C10H19NO3/c1-3-6-11(7-5-10(13)14)9(4-2)8-12/h3,9,12H,1,4-8H2,2H3,(H,13,14). The highest BCUT2D eigenvalue weighted by atomic mass is 16.4. The van der Waals surface area contributed by atoms with Crippen molar-refractivity contribution < 1.29 is 15.0 Å². The molecule has 2 N–H and O–H groups in total. The fourth-order valence-corrected chi connectivity index (χ4v) is 1.33. The molecule has 1 unspecified atom stereocenters. The Morgan fingerprint density at radius 1 is 1.64 bits per heavy atom. The Bertz CT molecular complexity index is 178. The summed E-state index contributed by atoms with van der Waals surface area (Å²) in [7, 11) is 0. The molecule has 0 aliphatic rings. The fourth-order valence-electron chi connectivity index (χ4n) is 1.33. The van der Waals surface area contributed by atoms with Gasteiger partial charge in [0.25, 0.3) is 0 Å². The van der Waals surface area contributed by atoms with Gasteiger partial charge in [-0.3, -0.25) is 9.69 Å². The van der Waals surface area contributed by atoms with E-state index in [1.54, 1.807) is 6.08 Å². The highest BCUT2D eigenvalue weighted by Gasteiger charge is 2.15. The number of carboxylic acid groups (broad SMARTS) is 1. The van der Waals surface area contributed by atoms with E-state index in [0.717, 1.165) is 6.42 Å². The summed E-state index contributed by atoms with van der Waals surface area (Å²) >= 11 is 0.